The monoisotopic (exact) mass is 260 g/mol. The molecule has 2 rings (SSSR count). The summed E-state index contributed by atoms with van der Waals surface area (Å²) in [6.07, 6.45) is 7.42. The molecule has 2 nitrogen and oxygen atoms in total. The van der Waals surface area contributed by atoms with Crippen LogP contribution in [0.3, 0.4) is 0 Å². The van der Waals surface area contributed by atoms with Gasteiger partial charge in [0.15, 0.2) is 0 Å². The van der Waals surface area contributed by atoms with Gasteiger partial charge in [-0.25, -0.2) is 0 Å². The molecule has 0 heterocycles. The maximum atomic E-state index is 5.94. The Hall–Kier alpha value is -0.860. The highest BCUT2D eigenvalue weighted by Crippen LogP contribution is 2.22. The Labute approximate surface area is 117 Å². The minimum Gasteiger partial charge on any atom is -0.328 e. The van der Waals surface area contributed by atoms with Crippen molar-refractivity contribution in [3.05, 3.63) is 35.4 Å². The van der Waals surface area contributed by atoms with Crippen molar-refractivity contribution in [2.24, 2.45) is 11.7 Å². The van der Waals surface area contributed by atoms with Crippen LogP contribution in [0.25, 0.3) is 0 Å². The lowest BCUT2D eigenvalue weighted by molar-refractivity contribution is 0.314. The summed E-state index contributed by atoms with van der Waals surface area (Å²) in [6.45, 7) is 4.37. The fourth-order valence-electron chi connectivity index (χ4n) is 2.93. The smallest absolute Gasteiger partial charge is 0.0205 e. The Morgan fingerprint density at radius 1 is 1.05 bits per heavy atom. The van der Waals surface area contributed by atoms with E-state index in [1.807, 2.05) is 0 Å². The number of nitrogens with one attached hydrogen (secondary N) is 1. The molecule has 0 radical (unpaired) electrons. The van der Waals surface area contributed by atoms with E-state index in [0.717, 1.165) is 19.0 Å². The molecule has 0 spiro atoms. The SMILES string of the molecule is CCCc1ccc(CNCC2CCC(N)CC2)cc1. The minimum atomic E-state index is 0.461. The van der Waals surface area contributed by atoms with Gasteiger partial charge in [-0.1, -0.05) is 37.6 Å². The Kier molecular flexibility index (Phi) is 5.87. The van der Waals surface area contributed by atoms with Crippen molar-refractivity contribution in [2.45, 2.75) is 58.0 Å². The molecule has 3 N–H and O–H groups in total. The zero-order chi connectivity index (χ0) is 13.5. The first-order chi connectivity index (χ1) is 9.28. The van der Waals surface area contributed by atoms with E-state index < -0.39 is 0 Å². The van der Waals surface area contributed by atoms with Crippen LogP contribution in [0.5, 0.6) is 0 Å². The molecule has 0 saturated heterocycles. The zero-order valence-electron chi connectivity index (χ0n) is 12.2. The van der Waals surface area contributed by atoms with E-state index in [1.54, 1.807) is 0 Å². The van der Waals surface area contributed by atoms with Gasteiger partial charge in [0, 0.05) is 12.6 Å². The van der Waals surface area contributed by atoms with Gasteiger partial charge in [0.1, 0.15) is 0 Å². The summed E-state index contributed by atoms with van der Waals surface area (Å²) >= 11 is 0. The first-order valence-corrected chi connectivity index (χ1v) is 7.82. The predicted octanol–water partition coefficient (Wildman–Crippen LogP) is 3.25. The topological polar surface area (TPSA) is 38.0 Å². The summed E-state index contributed by atoms with van der Waals surface area (Å²) in [5.74, 6) is 0.833. The van der Waals surface area contributed by atoms with Crippen LogP contribution in [0.2, 0.25) is 0 Å². The van der Waals surface area contributed by atoms with Crippen LogP contribution in [0.15, 0.2) is 24.3 Å². The summed E-state index contributed by atoms with van der Waals surface area (Å²) in [5, 5.41) is 3.60. The van der Waals surface area contributed by atoms with Crippen LogP contribution in [-0.2, 0) is 13.0 Å². The number of nitrogens with two attached hydrogens (primary N) is 1. The highest BCUT2D eigenvalue weighted by molar-refractivity contribution is 5.22. The van der Waals surface area contributed by atoms with Crippen LogP contribution < -0.4 is 11.1 Å². The second-order valence-corrected chi connectivity index (χ2v) is 5.98. The van der Waals surface area contributed by atoms with E-state index in [2.05, 4.69) is 36.5 Å². The molecule has 2 heteroatoms. The molecule has 0 bridgehead atoms. The zero-order valence-corrected chi connectivity index (χ0v) is 12.2. The van der Waals surface area contributed by atoms with Crippen molar-refractivity contribution in [1.29, 1.82) is 0 Å². The second kappa shape index (κ2) is 7.66. The highest BCUT2D eigenvalue weighted by atomic mass is 14.9. The molecule has 1 fully saturated rings. The van der Waals surface area contributed by atoms with Gasteiger partial charge in [0.2, 0.25) is 0 Å². The fraction of sp³-hybridized carbons (Fsp3) is 0.647. The van der Waals surface area contributed by atoms with Gasteiger partial charge in [-0.05, 0) is 55.7 Å². The molecule has 0 atom stereocenters. The third-order valence-electron chi connectivity index (χ3n) is 4.22. The standard InChI is InChI=1S/C17H28N2/c1-2-3-14-4-6-15(7-5-14)12-19-13-16-8-10-17(18)11-9-16/h4-7,16-17,19H,2-3,8-13,18H2,1H3. The van der Waals surface area contributed by atoms with Gasteiger partial charge >= 0.3 is 0 Å². The van der Waals surface area contributed by atoms with E-state index in [9.17, 15) is 0 Å². The third kappa shape index (κ3) is 4.96. The number of benzene rings is 1. The first kappa shape index (κ1) is 14.5. The highest BCUT2D eigenvalue weighted by Gasteiger charge is 2.17. The molecule has 1 saturated carbocycles. The number of rotatable bonds is 6. The largest absolute Gasteiger partial charge is 0.328 e. The van der Waals surface area contributed by atoms with Gasteiger partial charge in [-0.15, -0.1) is 0 Å². The molecule has 106 valence electrons. The Bertz CT molecular complexity index is 350. The molecule has 0 aromatic heterocycles. The summed E-state index contributed by atoms with van der Waals surface area (Å²) in [4.78, 5) is 0. The first-order valence-electron chi connectivity index (χ1n) is 7.82. The van der Waals surface area contributed by atoms with E-state index in [-0.39, 0.29) is 0 Å². The Morgan fingerprint density at radius 2 is 1.68 bits per heavy atom. The molecular formula is C17H28N2. The van der Waals surface area contributed by atoms with Crippen LogP contribution in [0.1, 0.15) is 50.2 Å². The lowest BCUT2D eigenvalue weighted by atomic mass is 9.86. The van der Waals surface area contributed by atoms with Crippen molar-refractivity contribution in [3.63, 3.8) is 0 Å². The Balaban J connectivity index is 1.67. The lowest BCUT2D eigenvalue weighted by Gasteiger charge is -2.26. The van der Waals surface area contributed by atoms with Gasteiger partial charge in [-0.2, -0.15) is 0 Å². The summed E-state index contributed by atoms with van der Waals surface area (Å²) in [6, 6.07) is 9.51. The summed E-state index contributed by atoms with van der Waals surface area (Å²) in [7, 11) is 0. The lowest BCUT2D eigenvalue weighted by Crippen LogP contribution is -2.31. The molecule has 1 aromatic carbocycles. The molecule has 1 aromatic rings. The van der Waals surface area contributed by atoms with Crippen LogP contribution >= 0.6 is 0 Å². The fourth-order valence-corrected chi connectivity index (χ4v) is 2.93. The molecule has 0 amide bonds. The average molecular weight is 260 g/mol. The summed E-state index contributed by atoms with van der Waals surface area (Å²) in [5.41, 5.74) is 8.78. The molecule has 0 unspecified atom stereocenters. The van der Waals surface area contributed by atoms with E-state index in [0.29, 0.717) is 6.04 Å². The average Bonchev–Trinajstić information content (AvgIpc) is 2.43. The second-order valence-electron chi connectivity index (χ2n) is 5.98. The van der Waals surface area contributed by atoms with Crippen LogP contribution in [0.4, 0.5) is 0 Å². The van der Waals surface area contributed by atoms with Gasteiger partial charge in [-0.3, -0.25) is 0 Å². The van der Waals surface area contributed by atoms with Gasteiger partial charge in [0.05, 0.1) is 0 Å². The minimum absolute atomic E-state index is 0.461. The number of hydrogen-bond donors (Lipinski definition) is 2. The van der Waals surface area contributed by atoms with Gasteiger partial charge < -0.3 is 11.1 Å². The maximum absolute atomic E-state index is 5.94. The Morgan fingerprint density at radius 3 is 2.32 bits per heavy atom. The quantitative estimate of drug-likeness (QED) is 0.824. The molecule has 19 heavy (non-hydrogen) atoms. The van der Waals surface area contributed by atoms with Crippen molar-refractivity contribution >= 4 is 0 Å². The van der Waals surface area contributed by atoms with Crippen LogP contribution in [-0.4, -0.2) is 12.6 Å². The summed E-state index contributed by atoms with van der Waals surface area (Å²) < 4.78 is 0. The van der Waals surface area contributed by atoms with Crippen LogP contribution in [0, 0.1) is 5.92 Å². The number of aryl methyl sites for hydroxylation is 1. The molecule has 0 aliphatic heterocycles. The van der Waals surface area contributed by atoms with Gasteiger partial charge in [0.25, 0.3) is 0 Å². The van der Waals surface area contributed by atoms with E-state index in [1.165, 1.54) is 49.7 Å². The van der Waals surface area contributed by atoms with Crippen molar-refractivity contribution in [1.82, 2.24) is 5.32 Å². The maximum Gasteiger partial charge on any atom is 0.0205 e. The van der Waals surface area contributed by atoms with E-state index >= 15 is 0 Å². The predicted molar refractivity (Wildman–Crippen MR) is 82.1 cm³/mol. The third-order valence-corrected chi connectivity index (χ3v) is 4.22. The number of hydrogen-bond acceptors (Lipinski definition) is 2. The van der Waals surface area contributed by atoms with Crippen molar-refractivity contribution in [3.8, 4) is 0 Å². The molecule has 1 aliphatic rings. The molecule has 1 aliphatic carbocycles. The normalized spacial score (nSPS) is 23.5. The van der Waals surface area contributed by atoms with E-state index in [4.69, 9.17) is 5.73 Å². The van der Waals surface area contributed by atoms with Crippen molar-refractivity contribution in [2.75, 3.05) is 6.54 Å². The molecular weight excluding hydrogens is 232 g/mol. The van der Waals surface area contributed by atoms with Crippen molar-refractivity contribution < 1.29 is 0 Å².